The number of hydrogen-bond acceptors (Lipinski definition) is 2. The fraction of sp³-hybridized carbons (Fsp3) is 1.00. The molecule has 0 radical (unpaired) electrons. The van der Waals surface area contributed by atoms with Crippen LogP contribution in [-0.2, 0) is 9.16 Å². The molecule has 2 nitrogen and oxygen atoms in total. The van der Waals surface area contributed by atoms with Crippen LogP contribution >= 0.6 is 0 Å². The highest BCUT2D eigenvalue weighted by molar-refractivity contribution is 6.29. The minimum Gasteiger partial charge on any atom is -0.416 e. The van der Waals surface area contributed by atoms with Crippen LogP contribution in [0.5, 0.6) is 0 Å². The van der Waals surface area contributed by atoms with Gasteiger partial charge in [-0.15, -0.1) is 0 Å². The molecule has 2 aliphatic carbocycles. The Labute approximate surface area is 120 Å². The monoisotopic (exact) mass is 282 g/mol. The summed E-state index contributed by atoms with van der Waals surface area (Å²) < 4.78 is 12.5. The summed E-state index contributed by atoms with van der Waals surface area (Å²) in [5.41, 5.74) is 0.715. The maximum Gasteiger partial charge on any atom is 0.191 e. The van der Waals surface area contributed by atoms with Gasteiger partial charge < -0.3 is 9.16 Å². The van der Waals surface area contributed by atoms with Crippen LogP contribution in [0, 0.1) is 11.8 Å². The molecule has 0 N–H and O–H groups in total. The maximum absolute atomic E-state index is 6.70. The number of hydrogen-bond donors (Lipinski definition) is 0. The first-order valence-electron chi connectivity index (χ1n) is 8.54. The predicted molar refractivity (Wildman–Crippen MR) is 80.9 cm³/mol. The predicted octanol–water partition coefficient (Wildman–Crippen LogP) is 3.36. The zero-order valence-electron chi connectivity index (χ0n) is 12.5. The van der Waals surface area contributed by atoms with Gasteiger partial charge in [-0.25, -0.2) is 0 Å². The van der Waals surface area contributed by atoms with E-state index in [1.54, 1.807) is 0 Å². The Balaban J connectivity index is 1.63. The lowest BCUT2D eigenvalue weighted by molar-refractivity contribution is -0.0304. The topological polar surface area (TPSA) is 18.5 Å². The molecule has 3 rings (SSSR count). The van der Waals surface area contributed by atoms with Crippen molar-refractivity contribution in [1.29, 1.82) is 0 Å². The molecular weight excluding hydrogens is 252 g/mol. The first kappa shape index (κ1) is 14.1. The van der Waals surface area contributed by atoms with Gasteiger partial charge in [-0.1, -0.05) is 25.7 Å². The van der Waals surface area contributed by atoms with Crippen LogP contribution in [0.2, 0.25) is 0 Å². The van der Waals surface area contributed by atoms with Crippen molar-refractivity contribution >= 4 is 9.76 Å². The summed E-state index contributed by atoms with van der Waals surface area (Å²) in [5.74, 6) is 1.68. The molecular formula is C16H30O2Si. The quantitative estimate of drug-likeness (QED) is 0.720. The van der Waals surface area contributed by atoms with Crippen LogP contribution in [0.3, 0.4) is 0 Å². The van der Waals surface area contributed by atoms with E-state index in [1.165, 1.54) is 64.2 Å². The summed E-state index contributed by atoms with van der Waals surface area (Å²) in [6.07, 6.45) is 13.9. The molecule has 1 heterocycles. The van der Waals surface area contributed by atoms with E-state index < -0.39 is 9.76 Å². The van der Waals surface area contributed by atoms with Gasteiger partial charge in [0.25, 0.3) is 0 Å². The summed E-state index contributed by atoms with van der Waals surface area (Å²) in [7, 11) is -0.506. The highest BCUT2D eigenvalue weighted by Crippen LogP contribution is 2.46. The van der Waals surface area contributed by atoms with Gasteiger partial charge in [-0.05, 0) is 57.3 Å². The molecule has 3 heteroatoms. The van der Waals surface area contributed by atoms with E-state index in [9.17, 15) is 0 Å². The third kappa shape index (κ3) is 3.08. The van der Waals surface area contributed by atoms with Crippen LogP contribution in [0.1, 0.15) is 71.1 Å². The van der Waals surface area contributed by atoms with Crippen molar-refractivity contribution in [3.8, 4) is 0 Å². The zero-order valence-corrected chi connectivity index (χ0v) is 13.9. The van der Waals surface area contributed by atoms with Gasteiger partial charge in [0.15, 0.2) is 9.76 Å². The van der Waals surface area contributed by atoms with Crippen LogP contribution in [-0.4, -0.2) is 27.7 Å². The van der Waals surface area contributed by atoms with Crippen molar-refractivity contribution in [3.63, 3.8) is 0 Å². The highest BCUT2D eigenvalue weighted by atomic mass is 28.2. The maximum atomic E-state index is 6.70. The van der Waals surface area contributed by atoms with Crippen LogP contribution in [0.4, 0.5) is 0 Å². The van der Waals surface area contributed by atoms with Crippen molar-refractivity contribution in [2.75, 3.05) is 6.61 Å². The molecule has 0 aromatic carbocycles. The SMILES string of the molecule is CC(O[SiH2]C1CCCO1)(C1CCCC1)C1CCCC1. The minimum absolute atomic E-state index is 0.200. The Kier molecular flexibility index (Phi) is 4.65. The zero-order chi connectivity index (χ0) is 13.1. The summed E-state index contributed by atoms with van der Waals surface area (Å²) in [4.78, 5) is 0. The van der Waals surface area contributed by atoms with Crippen molar-refractivity contribution in [1.82, 2.24) is 0 Å². The fourth-order valence-electron chi connectivity index (χ4n) is 4.62. The fourth-order valence-corrected chi connectivity index (χ4v) is 6.35. The smallest absolute Gasteiger partial charge is 0.191 e. The molecule has 110 valence electrons. The number of ether oxygens (including phenoxy) is 1. The van der Waals surface area contributed by atoms with Crippen LogP contribution < -0.4 is 0 Å². The summed E-state index contributed by atoms with van der Waals surface area (Å²) in [6, 6.07) is 0. The van der Waals surface area contributed by atoms with Crippen molar-refractivity contribution in [3.05, 3.63) is 0 Å². The molecule has 0 aromatic heterocycles. The Morgan fingerprint density at radius 2 is 1.47 bits per heavy atom. The van der Waals surface area contributed by atoms with E-state index in [0.717, 1.165) is 18.4 Å². The lowest BCUT2D eigenvalue weighted by Crippen LogP contribution is -2.45. The lowest BCUT2D eigenvalue weighted by Gasteiger charge is -2.42. The molecule has 2 saturated carbocycles. The van der Waals surface area contributed by atoms with Crippen LogP contribution in [0.15, 0.2) is 0 Å². The molecule has 1 atom stereocenters. The van der Waals surface area contributed by atoms with Gasteiger partial charge in [0.2, 0.25) is 0 Å². The van der Waals surface area contributed by atoms with E-state index in [4.69, 9.17) is 9.16 Å². The first-order valence-corrected chi connectivity index (χ1v) is 9.94. The van der Waals surface area contributed by atoms with Crippen molar-refractivity contribution in [2.45, 2.75) is 82.5 Å². The number of rotatable bonds is 5. The molecule has 0 aromatic rings. The van der Waals surface area contributed by atoms with E-state index in [1.807, 2.05) is 0 Å². The van der Waals surface area contributed by atoms with E-state index in [-0.39, 0.29) is 5.60 Å². The molecule has 1 unspecified atom stereocenters. The average Bonchev–Trinajstić information content (AvgIpc) is 3.18. The molecule has 1 saturated heterocycles. The average molecular weight is 282 g/mol. The molecule has 3 fully saturated rings. The first-order chi connectivity index (χ1) is 9.29. The van der Waals surface area contributed by atoms with Crippen LogP contribution in [0.25, 0.3) is 0 Å². The highest BCUT2D eigenvalue weighted by Gasteiger charge is 2.44. The van der Waals surface area contributed by atoms with Crippen molar-refractivity contribution in [2.24, 2.45) is 11.8 Å². The Hall–Kier alpha value is 0.137. The largest absolute Gasteiger partial charge is 0.416 e. The van der Waals surface area contributed by atoms with Gasteiger partial charge in [0.1, 0.15) is 0 Å². The molecule has 0 amide bonds. The second kappa shape index (κ2) is 6.27. The van der Waals surface area contributed by atoms with Gasteiger partial charge in [-0.3, -0.25) is 0 Å². The third-order valence-electron chi connectivity index (χ3n) is 5.94. The summed E-state index contributed by atoms with van der Waals surface area (Å²) >= 11 is 0. The molecule has 0 bridgehead atoms. The van der Waals surface area contributed by atoms with E-state index in [0.29, 0.717) is 5.73 Å². The lowest BCUT2D eigenvalue weighted by atomic mass is 9.76. The molecule has 3 aliphatic rings. The Morgan fingerprint density at radius 3 is 1.95 bits per heavy atom. The standard InChI is InChI=1S/C16H30O2Si/c1-16(13-7-2-3-8-13,14-9-4-5-10-14)18-19-15-11-6-12-17-15/h13-15H,2-12,19H2,1H3. The third-order valence-corrected chi connectivity index (χ3v) is 7.74. The van der Waals surface area contributed by atoms with Crippen molar-refractivity contribution < 1.29 is 9.16 Å². The molecule has 0 spiro atoms. The Bertz CT molecular complexity index is 260. The summed E-state index contributed by atoms with van der Waals surface area (Å²) in [6.45, 7) is 3.44. The molecule has 1 aliphatic heterocycles. The van der Waals surface area contributed by atoms with Gasteiger partial charge in [-0.2, -0.15) is 0 Å². The second-order valence-corrected chi connectivity index (χ2v) is 8.63. The minimum atomic E-state index is -0.506. The normalized spacial score (nSPS) is 31.1. The van der Waals surface area contributed by atoms with E-state index in [2.05, 4.69) is 6.92 Å². The summed E-state index contributed by atoms with van der Waals surface area (Å²) in [5, 5.41) is 0. The van der Waals surface area contributed by atoms with Gasteiger partial charge >= 0.3 is 0 Å². The van der Waals surface area contributed by atoms with E-state index >= 15 is 0 Å². The molecule has 19 heavy (non-hydrogen) atoms. The Morgan fingerprint density at radius 1 is 0.895 bits per heavy atom. The second-order valence-electron chi connectivity index (χ2n) is 7.09. The van der Waals surface area contributed by atoms with Gasteiger partial charge in [0, 0.05) is 6.61 Å². The van der Waals surface area contributed by atoms with Gasteiger partial charge in [0.05, 0.1) is 11.3 Å².